The number of nitrogens with zero attached hydrogens (tertiary/aromatic N) is 2. The molecular weight excluding hydrogens is 164 g/mol. The van der Waals surface area contributed by atoms with Gasteiger partial charge in [0.25, 0.3) is 0 Å². The minimum Gasteiger partial charge on any atom is -0.293 e. The molecule has 1 aromatic rings. The highest BCUT2D eigenvalue weighted by Crippen LogP contribution is 2.30. The highest BCUT2D eigenvalue weighted by molar-refractivity contribution is 5.92. The quantitative estimate of drug-likeness (QED) is 0.661. The average molecular weight is 178 g/mol. The van der Waals surface area contributed by atoms with Crippen molar-refractivity contribution in [3.63, 3.8) is 0 Å². The Balaban J connectivity index is 2.24. The summed E-state index contributed by atoms with van der Waals surface area (Å²) in [6.45, 7) is 4.44. The van der Waals surface area contributed by atoms with Crippen LogP contribution >= 0.6 is 0 Å². The summed E-state index contributed by atoms with van der Waals surface area (Å²) in [6, 6.07) is 1.87. The molecule has 3 nitrogen and oxygen atoms in total. The third-order valence-corrected chi connectivity index (χ3v) is 2.39. The maximum Gasteiger partial charge on any atom is 0.177 e. The summed E-state index contributed by atoms with van der Waals surface area (Å²) in [5.74, 6) is 0.874. The van der Waals surface area contributed by atoms with Crippen LogP contribution in [0.2, 0.25) is 0 Å². The van der Waals surface area contributed by atoms with Gasteiger partial charge < -0.3 is 0 Å². The fourth-order valence-corrected chi connectivity index (χ4v) is 1.51. The molecule has 2 rings (SSSR count). The van der Waals surface area contributed by atoms with E-state index in [1.165, 1.54) is 12.8 Å². The van der Waals surface area contributed by atoms with E-state index >= 15 is 0 Å². The van der Waals surface area contributed by atoms with E-state index in [0.717, 1.165) is 23.9 Å². The predicted octanol–water partition coefficient (Wildman–Crippen LogP) is 1.80. The molecule has 0 amide bonds. The van der Waals surface area contributed by atoms with Crippen LogP contribution in [0.5, 0.6) is 0 Å². The Kier molecular flexibility index (Phi) is 1.94. The monoisotopic (exact) mass is 178 g/mol. The number of carbonyl (C=O) groups is 1. The third-order valence-electron chi connectivity index (χ3n) is 2.39. The molecule has 0 unspecified atom stereocenters. The lowest BCUT2D eigenvalue weighted by atomic mass is 10.3. The van der Waals surface area contributed by atoms with Crippen LogP contribution < -0.4 is 0 Å². The zero-order valence-electron chi connectivity index (χ0n) is 8.08. The van der Waals surface area contributed by atoms with Crippen LogP contribution in [-0.2, 0) is 6.54 Å². The molecule has 0 atom stereocenters. The van der Waals surface area contributed by atoms with Crippen LogP contribution in [0.1, 0.15) is 35.9 Å². The van der Waals surface area contributed by atoms with Crippen molar-refractivity contribution in [1.82, 2.24) is 9.78 Å². The first-order valence-corrected chi connectivity index (χ1v) is 4.72. The molecule has 1 aliphatic rings. The van der Waals surface area contributed by atoms with Gasteiger partial charge in [-0.15, -0.1) is 0 Å². The van der Waals surface area contributed by atoms with Gasteiger partial charge >= 0.3 is 0 Å². The predicted molar refractivity (Wildman–Crippen MR) is 49.7 cm³/mol. The molecular formula is C10H14N2O. The van der Waals surface area contributed by atoms with Gasteiger partial charge in [-0.3, -0.25) is 9.48 Å². The van der Waals surface area contributed by atoms with Gasteiger partial charge in [0.2, 0.25) is 0 Å². The molecule has 70 valence electrons. The van der Waals surface area contributed by atoms with Crippen LogP contribution in [0.25, 0.3) is 0 Å². The highest BCUT2D eigenvalue weighted by atomic mass is 16.1. The summed E-state index contributed by atoms with van der Waals surface area (Å²) in [7, 11) is 0. The molecule has 1 fully saturated rings. The molecule has 0 saturated heterocycles. The van der Waals surface area contributed by atoms with Crippen molar-refractivity contribution in [2.45, 2.75) is 33.2 Å². The first-order chi connectivity index (χ1) is 6.16. The van der Waals surface area contributed by atoms with Crippen molar-refractivity contribution in [1.29, 1.82) is 0 Å². The van der Waals surface area contributed by atoms with Crippen molar-refractivity contribution in [2.24, 2.45) is 5.92 Å². The van der Waals surface area contributed by atoms with Gasteiger partial charge in [0.05, 0.1) is 5.69 Å². The van der Waals surface area contributed by atoms with Gasteiger partial charge in [0, 0.05) is 13.5 Å². The molecule has 0 aliphatic heterocycles. The number of hydrogen-bond acceptors (Lipinski definition) is 2. The summed E-state index contributed by atoms with van der Waals surface area (Å²) in [5, 5.41) is 4.31. The molecule has 13 heavy (non-hydrogen) atoms. The van der Waals surface area contributed by atoms with Crippen molar-refractivity contribution >= 4 is 5.78 Å². The Morgan fingerprint density at radius 1 is 1.69 bits per heavy atom. The lowest BCUT2D eigenvalue weighted by molar-refractivity contribution is 0.100. The summed E-state index contributed by atoms with van der Waals surface area (Å²) in [4.78, 5) is 11.2. The lowest BCUT2D eigenvalue weighted by Gasteiger charge is -2.02. The second-order valence-electron chi connectivity index (χ2n) is 3.85. The summed E-state index contributed by atoms with van der Waals surface area (Å²) >= 11 is 0. The lowest BCUT2D eigenvalue weighted by Crippen LogP contribution is -2.09. The first kappa shape index (κ1) is 8.48. The normalized spacial score (nSPS) is 16.2. The minimum absolute atomic E-state index is 0.112. The number of aryl methyl sites for hydroxylation is 1. The summed E-state index contributed by atoms with van der Waals surface area (Å²) in [5.41, 5.74) is 1.69. The standard InChI is InChI=1S/C10H14N2O/c1-7-5-10(8(2)13)12(11-7)6-9-3-4-9/h5,9H,3-4,6H2,1-2H3. The van der Waals surface area contributed by atoms with Crippen LogP contribution in [0.3, 0.4) is 0 Å². The van der Waals surface area contributed by atoms with E-state index in [9.17, 15) is 4.79 Å². The van der Waals surface area contributed by atoms with Gasteiger partial charge in [0.1, 0.15) is 5.69 Å². The SMILES string of the molecule is CC(=O)c1cc(C)nn1CC1CC1. The first-order valence-electron chi connectivity index (χ1n) is 4.72. The Morgan fingerprint density at radius 2 is 2.38 bits per heavy atom. The molecule has 1 aromatic heterocycles. The van der Waals surface area contributed by atoms with Crippen molar-refractivity contribution in [3.05, 3.63) is 17.5 Å². The molecule has 0 spiro atoms. The second kappa shape index (κ2) is 2.98. The minimum atomic E-state index is 0.112. The van der Waals surface area contributed by atoms with E-state index in [0.29, 0.717) is 0 Å². The summed E-state index contributed by atoms with van der Waals surface area (Å²) in [6.07, 6.45) is 2.58. The van der Waals surface area contributed by atoms with E-state index in [4.69, 9.17) is 0 Å². The Bertz CT molecular complexity index is 337. The van der Waals surface area contributed by atoms with Crippen molar-refractivity contribution in [2.75, 3.05) is 0 Å². The Labute approximate surface area is 77.7 Å². The van der Waals surface area contributed by atoms with Crippen LogP contribution in [0.4, 0.5) is 0 Å². The number of aromatic nitrogens is 2. The van der Waals surface area contributed by atoms with Gasteiger partial charge in [-0.25, -0.2) is 0 Å². The van der Waals surface area contributed by atoms with Gasteiger partial charge in [-0.2, -0.15) is 5.10 Å². The zero-order chi connectivity index (χ0) is 9.42. The van der Waals surface area contributed by atoms with E-state index in [2.05, 4.69) is 5.10 Å². The number of carbonyl (C=O) groups excluding carboxylic acids is 1. The largest absolute Gasteiger partial charge is 0.293 e. The van der Waals surface area contributed by atoms with E-state index in [1.807, 2.05) is 17.7 Å². The molecule has 0 aromatic carbocycles. The van der Waals surface area contributed by atoms with Crippen molar-refractivity contribution < 1.29 is 4.79 Å². The number of Topliss-reactive ketones (excluding diaryl/α,β-unsaturated/α-hetero) is 1. The number of rotatable bonds is 3. The molecule has 3 heteroatoms. The number of ketones is 1. The maximum atomic E-state index is 11.2. The molecule has 1 saturated carbocycles. The van der Waals surface area contributed by atoms with Crippen LogP contribution in [-0.4, -0.2) is 15.6 Å². The molecule has 0 bridgehead atoms. The molecule has 1 heterocycles. The van der Waals surface area contributed by atoms with Crippen molar-refractivity contribution in [3.8, 4) is 0 Å². The van der Waals surface area contributed by atoms with E-state index in [1.54, 1.807) is 6.92 Å². The fourth-order valence-electron chi connectivity index (χ4n) is 1.51. The van der Waals surface area contributed by atoms with E-state index < -0.39 is 0 Å². The topological polar surface area (TPSA) is 34.9 Å². The maximum absolute atomic E-state index is 11.2. The van der Waals surface area contributed by atoms with Gasteiger partial charge in [0.15, 0.2) is 5.78 Å². The highest BCUT2D eigenvalue weighted by Gasteiger charge is 2.23. The third kappa shape index (κ3) is 1.79. The summed E-state index contributed by atoms with van der Waals surface area (Å²) < 4.78 is 1.86. The van der Waals surface area contributed by atoms with Gasteiger partial charge in [-0.1, -0.05) is 0 Å². The molecule has 0 radical (unpaired) electrons. The average Bonchev–Trinajstić information content (AvgIpc) is 2.75. The Morgan fingerprint density at radius 3 is 2.92 bits per heavy atom. The number of hydrogen-bond donors (Lipinski definition) is 0. The van der Waals surface area contributed by atoms with Crippen LogP contribution in [0, 0.1) is 12.8 Å². The molecule has 0 N–H and O–H groups in total. The van der Waals surface area contributed by atoms with Crippen LogP contribution in [0.15, 0.2) is 6.07 Å². The Hall–Kier alpha value is -1.12. The fraction of sp³-hybridized carbons (Fsp3) is 0.600. The smallest absolute Gasteiger partial charge is 0.177 e. The van der Waals surface area contributed by atoms with Gasteiger partial charge in [-0.05, 0) is 31.7 Å². The van der Waals surface area contributed by atoms with E-state index in [-0.39, 0.29) is 5.78 Å². The second-order valence-corrected chi connectivity index (χ2v) is 3.85. The zero-order valence-corrected chi connectivity index (χ0v) is 8.08. The molecule has 1 aliphatic carbocycles.